The summed E-state index contributed by atoms with van der Waals surface area (Å²) >= 11 is 1.74. The van der Waals surface area contributed by atoms with E-state index in [1.165, 1.54) is 15.8 Å². The minimum absolute atomic E-state index is 0.714. The van der Waals surface area contributed by atoms with Crippen molar-refractivity contribution in [2.24, 2.45) is 0 Å². The smallest absolute Gasteiger partial charge is 0.161 e. The first-order valence-corrected chi connectivity index (χ1v) is 19.2. The molecule has 0 saturated carbocycles. The summed E-state index contributed by atoms with van der Waals surface area (Å²) in [5, 5.41) is 5.54. The van der Waals surface area contributed by atoms with E-state index in [-0.39, 0.29) is 0 Å². The molecule has 0 unspecified atom stereocenters. The van der Waals surface area contributed by atoms with Gasteiger partial charge >= 0.3 is 0 Å². The van der Waals surface area contributed by atoms with Gasteiger partial charge in [0.1, 0.15) is 11.2 Å². The Kier molecular flexibility index (Phi) is 7.32. The highest BCUT2D eigenvalue weighted by molar-refractivity contribution is 7.26. The van der Waals surface area contributed by atoms with Crippen molar-refractivity contribution in [3.63, 3.8) is 0 Å². The zero-order chi connectivity index (χ0) is 36.3. The fourth-order valence-corrected chi connectivity index (χ4v) is 9.06. The van der Waals surface area contributed by atoms with E-state index in [0.717, 1.165) is 82.2 Å². The second-order valence-corrected chi connectivity index (χ2v) is 14.8. The number of nitrogens with zero attached hydrogens (tertiary/aromatic N) is 3. The van der Waals surface area contributed by atoms with Crippen molar-refractivity contribution in [2.75, 3.05) is 4.90 Å². The van der Waals surface area contributed by atoms with Crippen molar-refractivity contribution in [3.8, 4) is 33.8 Å². The molecule has 4 nitrogen and oxygen atoms in total. The summed E-state index contributed by atoms with van der Waals surface area (Å²) in [6.07, 6.45) is 0. The maximum absolute atomic E-state index is 6.73. The van der Waals surface area contributed by atoms with E-state index in [4.69, 9.17) is 14.4 Å². The van der Waals surface area contributed by atoms with Crippen LogP contribution in [-0.4, -0.2) is 9.97 Å². The average molecular weight is 722 g/mol. The molecule has 3 heterocycles. The van der Waals surface area contributed by atoms with Crippen LogP contribution >= 0.6 is 11.3 Å². The summed E-state index contributed by atoms with van der Waals surface area (Å²) in [4.78, 5) is 12.9. The zero-order valence-electron chi connectivity index (χ0n) is 29.6. The second-order valence-electron chi connectivity index (χ2n) is 13.7. The van der Waals surface area contributed by atoms with Crippen LogP contribution in [0.25, 0.3) is 86.8 Å². The number of para-hydroxylation sites is 1. The van der Waals surface area contributed by atoms with Gasteiger partial charge in [0.25, 0.3) is 0 Å². The Hall–Kier alpha value is -7.08. The van der Waals surface area contributed by atoms with Gasteiger partial charge in [-0.05, 0) is 76.5 Å². The lowest BCUT2D eigenvalue weighted by atomic mass is 10.0. The number of hydrogen-bond donors (Lipinski definition) is 0. The highest BCUT2D eigenvalue weighted by Gasteiger charge is 2.22. The first kappa shape index (κ1) is 31.4. The van der Waals surface area contributed by atoms with Crippen LogP contribution in [-0.2, 0) is 0 Å². The third kappa shape index (κ3) is 5.28. The number of furan rings is 1. The van der Waals surface area contributed by atoms with Gasteiger partial charge in [-0.2, -0.15) is 0 Å². The quantitative estimate of drug-likeness (QED) is 0.171. The van der Waals surface area contributed by atoms with Crippen LogP contribution in [0, 0.1) is 0 Å². The summed E-state index contributed by atoms with van der Waals surface area (Å²) < 4.78 is 8.99. The Morgan fingerprint density at radius 2 is 1.15 bits per heavy atom. The SMILES string of the molecule is c1ccc(-c2ccc(N(c3ccccc3)c3cccc4oc5cc(-c6nc(-c7cccc8ccccc78)nc7c6sc6ccccc67)ccc5c34)cc2)cc1. The van der Waals surface area contributed by atoms with E-state index in [2.05, 4.69) is 193 Å². The summed E-state index contributed by atoms with van der Waals surface area (Å²) in [5.41, 5.74) is 11.1. The van der Waals surface area contributed by atoms with Crippen molar-refractivity contribution in [3.05, 3.63) is 188 Å². The molecule has 0 fully saturated rings. The number of hydrogen-bond acceptors (Lipinski definition) is 5. The molecule has 8 aromatic carbocycles. The van der Waals surface area contributed by atoms with Crippen LogP contribution in [0.1, 0.15) is 0 Å². The molecule has 0 saturated heterocycles. The molecule has 0 N–H and O–H groups in total. The van der Waals surface area contributed by atoms with E-state index in [0.29, 0.717) is 5.82 Å². The van der Waals surface area contributed by atoms with Crippen LogP contribution in [0.4, 0.5) is 17.1 Å². The zero-order valence-corrected chi connectivity index (χ0v) is 30.4. The Morgan fingerprint density at radius 3 is 2.00 bits per heavy atom. The summed E-state index contributed by atoms with van der Waals surface area (Å²) in [6, 6.07) is 66.0. The van der Waals surface area contributed by atoms with Gasteiger partial charge in [0.15, 0.2) is 5.82 Å². The topological polar surface area (TPSA) is 42.2 Å². The number of thiophene rings is 1. The van der Waals surface area contributed by atoms with Crippen molar-refractivity contribution in [1.82, 2.24) is 9.97 Å². The first-order valence-electron chi connectivity index (χ1n) is 18.4. The van der Waals surface area contributed by atoms with E-state index in [9.17, 15) is 0 Å². The molecule has 0 aliphatic rings. The summed E-state index contributed by atoms with van der Waals surface area (Å²) in [5.74, 6) is 0.714. The van der Waals surface area contributed by atoms with Crippen molar-refractivity contribution in [2.45, 2.75) is 0 Å². The normalized spacial score (nSPS) is 11.6. The fourth-order valence-electron chi connectivity index (χ4n) is 7.91. The van der Waals surface area contributed by atoms with E-state index in [1.807, 2.05) is 0 Å². The predicted octanol–water partition coefficient (Wildman–Crippen LogP) is 14.4. The molecule has 3 aromatic heterocycles. The third-order valence-corrected chi connectivity index (χ3v) is 11.7. The lowest BCUT2D eigenvalue weighted by Crippen LogP contribution is -2.10. The fraction of sp³-hybridized carbons (Fsp3) is 0. The van der Waals surface area contributed by atoms with Crippen molar-refractivity contribution >= 4 is 81.4 Å². The number of aromatic nitrogens is 2. The minimum atomic E-state index is 0.714. The lowest BCUT2D eigenvalue weighted by Gasteiger charge is -2.26. The molecule has 5 heteroatoms. The average Bonchev–Trinajstić information content (AvgIpc) is 3.83. The Labute approximate surface area is 321 Å². The van der Waals surface area contributed by atoms with E-state index in [1.54, 1.807) is 11.3 Å². The molecular formula is C50H31N3OS. The predicted molar refractivity (Wildman–Crippen MR) is 231 cm³/mol. The van der Waals surface area contributed by atoms with E-state index < -0.39 is 0 Å². The molecule has 55 heavy (non-hydrogen) atoms. The van der Waals surface area contributed by atoms with Gasteiger partial charge in [-0.25, -0.2) is 9.97 Å². The van der Waals surface area contributed by atoms with Gasteiger partial charge in [-0.15, -0.1) is 11.3 Å². The largest absolute Gasteiger partial charge is 0.456 e. The van der Waals surface area contributed by atoms with Crippen LogP contribution < -0.4 is 4.90 Å². The molecule has 0 amide bonds. The number of benzene rings is 8. The maximum atomic E-state index is 6.73. The Balaban J connectivity index is 1.09. The summed E-state index contributed by atoms with van der Waals surface area (Å²) in [6.45, 7) is 0. The Bertz CT molecular complexity index is 3200. The molecule has 0 radical (unpaired) electrons. The van der Waals surface area contributed by atoms with Gasteiger partial charge in [0.05, 0.1) is 27.0 Å². The van der Waals surface area contributed by atoms with Crippen LogP contribution in [0.15, 0.2) is 192 Å². The van der Waals surface area contributed by atoms with E-state index >= 15 is 0 Å². The number of anilines is 3. The number of rotatable bonds is 6. The molecule has 0 aliphatic heterocycles. The Morgan fingerprint density at radius 1 is 0.473 bits per heavy atom. The van der Waals surface area contributed by atoms with Crippen LogP contribution in [0.3, 0.4) is 0 Å². The van der Waals surface area contributed by atoms with Gasteiger partial charge in [0, 0.05) is 38.0 Å². The molecule has 0 bridgehead atoms. The molecule has 0 spiro atoms. The van der Waals surface area contributed by atoms with Gasteiger partial charge in [-0.1, -0.05) is 133 Å². The molecular weight excluding hydrogens is 691 g/mol. The third-order valence-electron chi connectivity index (χ3n) is 10.5. The van der Waals surface area contributed by atoms with Gasteiger partial charge in [0.2, 0.25) is 0 Å². The lowest BCUT2D eigenvalue weighted by molar-refractivity contribution is 0.669. The molecule has 11 rings (SSSR count). The van der Waals surface area contributed by atoms with Crippen molar-refractivity contribution in [1.29, 1.82) is 0 Å². The standard InChI is InChI=1S/C50H31N3OS/c1-3-13-32(14-4-1)33-25-28-37(29-26-33)53(36-17-5-2-6-18-36)42-22-12-23-43-46(42)40-30-27-35(31-44(40)54-43)47-49-48(41-20-9-10-24-45(41)55-49)52-50(51-47)39-21-11-16-34-15-7-8-19-38(34)39/h1-31H. The molecule has 11 aromatic rings. The molecule has 0 atom stereocenters. The maximum Gasteiger partial charge on any atom is 0.161 e. The van der Waals surface area contributed by atoms with Gasteiger partial charge < -0.3 is 9.32 Å². The summed E-state index contributed by atoms with van der Waals surface area (Å²) in [7, 11) is 0. The van der Waals surface area contributed by atoms with Crippen molar-refractivity contribution < 1.29 is 4.42 Å². The van der Waals surface area contributed by atoms with Gasteiger partial charge in [-0.3, -0.25) is 0 Å². The highest BCUT2D eigenvalue weighted by atomic mass is 32.1. The first-order chi connectivity index (χ1) is 27.3. The molecule has 0 aliphatic carbocycles. The van der Waals surface area contributed by atoms with Crippen LogP contribution in [0.5, 0.6) is 0 Å². The molecule has 258 valence electrons. The van der Waals surface area contributed by atoms with Crippen LogP contribution in [0.2, 0.25) is 0 Å². The number of fused-ring (bicyclic) bond motifs is 7. The highest BCUT2D eigenvalue weighted by Crippen LogP contribution is 2.45. The monoisotopic (exact) mass is 721 g/mol. The second kappa shape index (κ2) is 12.8. The minimum Gasteiger partial charge on any atom is -0.456 e.